The molecule has 0 aromatic carbocycles. The summed E-state index contributed by atoms with van der Waals surface area (Å²) < 4.78 is 5.06. The van der Waals surface area contributed by atoms with Crippen molar-refractivity contribution in [3.63, 3.8) is 0 Å². The highest BCUT2D eigenvalue weighted by Gasteiger charge is 2.30. The Labute approximate surface area is 89.3 Å². The predicted octanol–water partition coefficient (Wildman–Crippen LogP) is -0.570. The molecule has 1 fully saturated rings. The minimum Gasteiger partial charge on any atom is -0.443 e. The van der Waals surface area contributed by atoms with E-state index in [0.29, 0.717) is 13.1 Å². The fourth-order valence-electron chi connectivity index (χ4n) is 1.33. The van der Waals surface area contributed by atoms with Crippen LogP contribution in [0, 0.1) is 0 Å². The van der Waals surface area contributed by atoms with Gasteiger partial charge in [0.2, 0.25) is 0 Å². The van der Waals surface area contributed by atoms with Gasteiger partial charge in [0.25, 0.3) is 0 Å². The maximum Gasteiger partial charge on any atom is 0.422 e. The third-order valence-electron chi connectivity index (χ3n) is 1.98. The minimum atomic E-state index is -0.597. The van der Waals surface area contributed by atoms with E-state index in [-0.39, 0.29) is 6.04 Å². The second-order valence-electron chi connectivity index (χ2n) is 4.75. The number of ether oxygens (including phenoxy) is 1. The van der Waals surface area contributed by atoms with Crippen LogP contribution in [0.2, 0.25) is 0 Å². The molecule has 15 heavy (non-hydrogen) atoms. The van der Waals surface area contributed by atoms with Gasteiger partial charge >= 0.3 is 6.09 Å². The molecule has 1 aliphatic heterocycles. The lowest BCUT2D eigenvalue weighted by Crippen LogP contribution is -2.44. The molecule has 1 heterocycles. The average molecular weight is 217 g/mol. The average Bonchev–Trinajstić information content (AvgIpc) is 2.26. The highest BCUT2D eigenvalue weighted by atomic mass is 16.6. The summed E-state index contributed by atoms with van der Waals surface area (Å²) in [6.45, 7) is 6.13. The van der Waals surface area contributed by atoms with E-state index in [4.69, 9.17) is 10.5 Å². The van der Waals surface area contributed by atoms with E-state index in [1.165, 1.54) is 0 Å². The molecule has 0 aliphatic carbocycles. The van der Waals surface area contributed by atoms with Gasteiger partial charge in [-0.25, -0.2) is 9.80 Å². The van der Waals surface area contributed by atoms with Crippen molar-refractivity contribution in [1.29, 1.82) is 0 Å². The molecule has 1 aliphatic rings. The number of aliphatic hydroxyl groups excluding tert-OH is 1. The molecule has 2 atom stereocenters. The highest BCUT2D eigenvalue weighted by molar-refractivity contribution is 5.67. The summed E-state index contributed by atoms with van der Waals surface area (Å²) in [7, 11) is 0. The first kappa shape index (κ1) is 12.2. The van der Waals surface area contributed by atoms with Gasteiger partial charge in [-0.3, -0.25) is 5.43 Å². The lowest BCUT2D eigenvalue weighted by atomic mass is 10.2. The number of carbonyl (C=O) groups is 1. The molecule has 1 saturated heterocycles. The first-order valence-corrected chi connectivity index (χ1v) is 4.96. The summed E-state index contributed by atoms with van der Waals surface area (Å²) in [5, 5.41) is 10.9. The Morgan fingerprint density at radius 3 is 2.53 bits per heavy atom. The number of aliphatic hydroxyl groups is 1. The normalized spacial score (nSPS) is 27.8. The van der Waals surface area contributed by atoms with Crippen LogP contribution in [0.15, 0.2) is 0 Å². The molecular weight excluding hydrogens is 198 g/mol. The second kappa shape index (κ2) is 4.34. The van der Waals surface area contributed by atoms with Crippen molar-refractivity contribution in [2.45, 2.75) is 38.5 Å². The van der Waals surface area contributed by atoms with E-state index in [1.807, 2.05) is 0 Å². The Kier molecular flexibility index (Phi) is 3.54. The van der Waals surface area contributed by atoms with Gasteiger partial charge in [0.05, 0.1) is 6.10 Å². The number of amides is 1. The van der Waals surface area contributed by atoms with E-state index in [2.05, 4.69) is 5.43 Å². The zero-order chi connectivity index (χ0) is 11.6. The highest BCUT2D eigenvalue weighted by Crippen LogP contribution is 2.09. The number of hydrogen-bond donors (Lipinski definition) is 3. The minimum absolute atomic E-state index is 0.320. The van der Waals surface area contributed by atoms with Crippen LogP contribution in [0.3, 0.4) is 0 Å². The molecule has 6 heteroatoms. The largest absolute Gasteiger partial charge is 0.443 e. The van der Waals surface area contributed by atoms with Crippen LogP contribution >= 0.6 is 0 Å². The molecule has 0 radical (unpaired) electrons. The lowest BCUT2D eigenvalue weighted by molar-refractivity contribution is 0.0348. The Balaban J connectivity index is 2.34. The van der Waals surface area contributed by atoms with Crippen molar-refractivity contribution < 1.29 is 14.6 Å². The lowest BCUT2D eigenvalue weighted by Gasteiger charge is -2.23. The summed E-state index contributed by atoms with van der Waals surface area (Å²) in [6.07, 6.45) is -1.12. The quantitative estimate of drug-likeness (QED) is 0.547. The maximum atomic E-state index is 11.3. The second-order valence-corrected chi connectivity index (χ2v) is 4.75. The van der Waals surface area contributed by atoms with E-state index < -0.39 is 17.8 Å². The monoisotopic (exact) mass is 217 g/mol. The molecule has 0 aromatic heterocycles. The smallest absolute Gasteiger partial charge is 0.422 e. The first-order valence-electron chi connectivity index (χ1n) is 4.96. The number of β-amino-alcohol motifs (C(OH)–C–C–N with tert-alkyl or cyclic N) is 1. The van der Waals surface area contributed by atoms with Crippen LogP contribution in [0.25, 0.3) is 0 Å². The molecule has 0 bridgehead atoms. The van der Waals surface area contributed by atoms with Gasteiger partial charge in [0.15, 0.2) is 0 Å². The third-order valence-corrected chi connectivity index (χ3v) is 1.98. The summed E-state index contributed by atoms with van der Waals surface area (Å²) in [6, 6.07) is -0.320. The summed E-state index contributed by atoms with van der Waals surface area (Å²) in [5.41, 5.74) is 7.59. The summed E-state index contributed by atoms with van der Waals surface area (Å²) in [4.78, 5) is 11.3. The van der Waals surface area contributed by atoms with Crippen molar-refractivity contribution in [2.24, 2.45) is 5.73 Å². The number of carbonyl (C=O) groups excluding carboxylic acids is 1. The van der Waals surface area contributed by atoms with E-state index >= 15 is 0 Å². The van der Waals surface area contributed by atoms with Crippen molar-refractivity contribution in [2.75, 3.05) is 13.1 Å². The molecule has 0 aromatic rings. The number of nitrogens with zero attached hydrogens (tertiary/aromatic N) is 1. The SMILES string of the molecule is CC(C)(C)OC(=O)NN1C[C@@H](N)[C@H](O)C1. The number of hydrazine groups is 1. The number of nitrogens with one attached hydrogen (secondary N) is 1. The topological polar surface area (TPSA) is 87.8 Å². The van der Waals surface area contributed by atoms with Crippen LogP contribution < -0.4 is 11.2 Å². The van der Waals surface area contributed by atoms with Gasteiger partial charge in [-0.1, -0.05) is 0 Å². The van der Waals surface area contributed by atoms with Crippen molar-refractivity contribution in [3.05, 3.63) is 0 Å². The van der Waals surface area contributed by atoms with Crippen LogP contribution in [0.4, 0.5) is 4.79 Å². The number of rotatable bonds is 1. The van der Waals surface area contributed by atoms with Gasteiger partial charge in [-0.05, 0) is 20.8 Å². The molecule has 6 nitrogen and oxygen atoms in total. The third kappa shape index (κ3) is 4.03. The van der Waals surface area contributed by atoms with Gasteiger partial charge in [0.1, 0.15) is 5.60 Å². The van der Waals surface area contributed by atoms with Crippen LogP contribution in [0.5, 0.6) is 0 Å². The Morgan fingerprint density at radius 1 is 1.53 bits per heavy atom. The molecule has 0 spiro atoms. The van der Waals surface area contributed by atoms with Crippen LogP contribution in [-0.4, -0.2) is 47.0 Å². The van der Waals surface area contributed by atoms with E-state index in [9.17, 15) is 9.90 Å². The van der Waals surface area contributed by atoms with E-state index in [1.54, 1.807) is 25.8 Å². The van der Waals surface area contributed by atoms with Gasteiger partial charge in [-0.2, -0.15) is 0 Å². The standard InChI is InChI=1S/C9H19N3O3/c1-9(2,3)15-8(14)11-12-4-6(10)7(13)5-12/h6-7,13H,4-5,10H2,1-3H3,(H,11,14)/t6-,7-/m1/s1. The first-order chi connectivity index (χ1) is 6.78. The van der Waals surface area contributed by atoms with Gasteiger partial charge < -0.3 is 15.6 Å². The number of nitrogens with two attached hydrogens (primary N) is 1. The van der Waals surface area contributed by atoms with Crippen molar-refractivity contribution in [1.82, 2.24) is 10.4 Å². The molecule has 4 N–H and O–H groups in total. The maximum absolute atomic E-state index is 11.3. The molecule has 0 unspecified atom stereocenters. The Bertz CT molecular complexity index is 229. The molecule has 88 valence electrons. The van der Waals surface area contributed by atoms with E-state index in [0.717, 1.165) is 0 Å². The fourth-order valence-corrected chi connectivity index (χ4v) is 1.33. The molecular formula is C9H19N3O3. The predicted molar refractivity (Wildman–Crippen MR) is 54.9 cm³/mol. The van der Waals surface area contributed by atoms with Crippen molar-refractivity contribution >= 4 is 6.09 Å². The Morgan fingerprint density at radius 2 is 2.13 bits per heavy atom. The van der Waals surface area contributed by atoms with Gasteiger partial charge in [-0.15, -0.1) is 0 Å². The summed E-state index contributed by atoms with van der Waals surface area (Å²) >= 11 is 0. The molecule has 0 saturated carbocycles. The summed E-state index contributed by atoms with van der Waals surface area (Å²) in [5.74, 6) is 0. The molecule has 1 amide bonds. The fraction of sp³-hybridized carbons (Fsp3) is 0.889. The van der Waals surface area contributed by atoms with Crippen molar-refractivity contribution in [3.8, 4) is 0 Å². The van der Waals surface area contributed by atoms with Crippen LogP contribution in [0.1, 0.15) is 20.8 Å². The zero-order valence-electron chi connectivity index (χ0n) is 9.36. The number of hydrogen-bond acceptors (Lipinski definition) is 5. The molecule has 1 rings (SSSR count). The van der Waals surface area contributed by atoms with Gasteiger partial charge in [0, 0.05) is 19.1 Å². The zero-order valence-corrected chi connectivity index (χ0v) is 9.36. The Hall–Kier alpha value is -0.850. The van der Waals surface area contributed by atoms with Crippen LogP contribution in [-0.2, 0) is 4.74 Å².